The largest absolute Gasteiger partial charge is 0.387 e. The Morgan fingerprint density at radius 1 is 1.55 bits per heavy atom. The van der Waals surface area contributed by atoms with Crippen LogP contribution < -0.4 is 5.32 Å². The fraction of sp³-hybridized carbons (Fsp3) is 0.333. The summed E-state index contributed by atoms with van der Waals surface area (Å²) in [5.41, 5.74) is 4.05. The van der Waals surface area contributed by atoms with E-state index in [1.165, 1.54) is 17.0 Å². The first-order chi connectivity index (χ1) is 5.29. The van der Waals surface area contributed by atoms with Gasteiger partial charge in [-0.15, -0.1) is 0 Å². The van der Waals surface area contributed by atoms with E-state index >= 15 is 0 Å². The predicted octanol–water partition coefficient (Wildman–Crippen LogP) is 1.41. The zero-order chi connectivity index (χ0) is 7.84. The molecule has 0 saturated carbocycles. The number of aromatic nitrogens is 1. The summed E-state index contributed by atoms with van der Waals surface area (Å²) in [4.78, 5) is 0. The van der Waals surface area contributed by atoms with E-state index in [-0.39, 0.29) is 0 Å². The molecule has 2 rings (SSSR count). The number of nitrogens with one attached hydrogen (secondary N) is 1. The molecule has 0 unspecified atom stereocenters. The van der Waals surface area contributed by atoms with Crippen LogP contribution in [-0.2, 0) is 13.6 Å². The maximum atomic E-state index is 3.19. The number of rotatable bonds is 0. The molecule has 11 heavy (non-hydrogen) atoms. The first-order valence-corrected chi connectivity index (χ1v) is 3.84. The van der Waals surface area contributed by atoms with Crippen molar-refractivity contribution < 1.29 is 0 Å². The standard InChI is InChI=1S/C9H12N2/c1-7-5-8-6-10-4-3-9(8)11(7)2/h3-5,10H,6H2,1-2H3. The van der Waals surface area contributed by atoms with Crippen LogP contribution in [-0.4, -0.2) is 4.57 Å². The van der Waals surface area contributed by atoms with E-state index in [2.05, 4.69) is 36.0 Å². The molecule has 0 aromatic carbocycles. The Morgan fingerprint density at radius 3 is 3.09 bits per heavy atom. The summed E-state index contributed by atoms with van der Waals surface area (Å²) >= 11 is 0. The Labute approximate surface area is 66.5 Å². The van der Waals surface area contributed by atoms with Crippen LogP contribution in [0, 0.1) is 6.92 Å². The van der Waals surface area contributed by atoms with Crippen LogP contribution in [0.25, 0.3) is 6.08 Å². The van der Waals surface area contributed by atoms with Crippen molar-refractivity contribution in [3.05, 3.63) is 29.2 Å². The number of hydrogen-bond donors (Lipinski definition) is 1. The predicted molar refractivity (Wildman–Crippen MR) is 46.0 cm³/mol. The highest BCUT2D eigenvalue weighted by atomic mass is 15.0. The average molecular weight is 148 g/mol. The number of hydrogen-bond acceptors (Lipinski definition) is 1. The summed E-state index contributed by atoms with van der Waals surface area (Å²) in [6.07, 6.45) is 4.12. The smallest absolute Gasteiger partial charge is 0.0471 e. The van der Waals surface area contributed by atoms with E-state index in [0.29, 0.717) is 0 Å². The molecule has 0 bridgehead atoms. The molecule has 0 spiro atoms. The summed E-state index contributed by atoms with van der Waals surface area (Å²) in [5.74, 6) is 0. The van der Waals surface area contributed by atoms with E-state index in [0.717, 1.165) is 6.54 Å². The molecule has 1 aliphatic rings. The molecule has 2 heterocycles. The van der Waals surface area contributed by atoms with Gasteiger partial charge in [0, 0.05) is 25.0 Å². The quantitative estimate of drug-likeness (QED) is 0.588. The van der Waals surface area contributed by atoms with Crippen molar-refractivity contribution in [2.45, 2.75) is 13.5 Å². The molecule has 1 N–H and O–H groups in total. The molecule has 2 nitrogen and oxygen atoms in total. The number of fused-ring (bicyclic) bond motifs is 1. The summed E-state index contributed by atoms with van der Waals surface area (Å²) < 4.78 is 2.21. The zero-order valence-corrected chi connectivity index (χ0v) is 6.89. The van der Waals surface area contributed by atoms with E-state index < -0.39 is 0 Å². The van der Waals surface area contributed by atoms with E-state index in [1.807, 2.05) is 6.20 Å². The molecule has 0 fully saturated rings. The molecule has 1 aliphatic heterocycles. The highest BCUT2D eigenvalue weighted by molar-refractivity contribution is 5.53. The van der Waals surface area contributed by atoms with E-state index in [9.17, 15) is 0 Å². The molecule has 0 aliphatic carbocycles. The molecule has 0 atom stereocenters. The van der Waals surface area contributed by atoms with Crippen molar-refractivity contribution in [2.24, 2.45) is 7.05 Å². The summed E-state index contributed by atoms with van der Waals surface area (Å²) in [6.45, 7) is 3.10. The lowest BCUT2D eigenvalue weighted by Crippen LogP contribution is -2.10. The molecule has 58 valence electrons. The van der Waals surface area contributed by atoms with Crippen molar-refractivity contribution in [3.63, 3.8) is 0 Å². The van der Waals surface area contributed by atoms with Gasteiger partial charge in [-0.05, 0) is 30.8 Å². The van der Waals surface area contributed by atoms with Crippen LogP contribution in [0.5, 0.6) is 0 Å². The summed E-state index contributed by atoms with van der Waals surface area (Å²) in [7, 11) is 2.10. The first kappa shape index (κ1) is 6.53. The van der Waals surface area contributed by atoms with E-state index in [1.54, 1.807) is 0 Å². The highest BCUT2D eigenvalue weighted by Gasteiger charge is 2.08. The van der Waals surface area contributed by atoms with Gasteiger partial charge in [-0.25, -0.2) is 0 Å². The first-order valence-electron chi connectivity index (χ1n) is 3.84. The minimum Gasteiger partial charge on any atom is -0.387 e. The molecular weight excluding hydrogens is 136 g/mol. The maximum absolute atomic E-state index is 3.19. The van der Waals surface area contributed by atoms with Gasteiger partial charge >= 0.3 is 0 Å². The molecule has 1 aromatic rings. The highest BCUT2D eigenvalue weighted by Crippen LogP contribution is 2.17. The van der Waals surface area contributed by atoms with E-state index in [4.69, 9.17) is 0 Å². The van der Waals surface area contributed by atoms with Gasteiger partial charge in [0.05, 0.1) is 0 Å². The fourth-order valence-corrected chi connectivity index (χ4v) is 1.50. The minimum absolute atomic E-state index is 0.966. The molecule has 0 radical (unpaired) electrons. The lowest BCUT2D eigenvalue weighted by atomic mass is 10.2. The third-order valence-electron chi connectivity index (χ3n) is 2.25. The van der Waals surface area contributed by atoms with Crippen molar-refractivity contribution in [2.75, 3.05) is 0 Å². The van der Waals surface area contributed by atoms with Crippen LogP contribution in [0.2, 0.25) is 0 Å². The molecule has 0 saturated heterocycles. The van der Waals surface area contributed by atoms with Gasteiger partial charge in [0.15, 0.2) is 0 Å². The summed E-state index contributed by atoms with van der Waals surface area (Å²) in [6, 6.07) is 2.23. The van der Waals surface area contributed by atoms with Crippen molar-refractivity contribution >= 4 is 6.08 Å². The van der Waals surface area contributed by atoms with Gasteiger partial charge in [-0.3, -0.25) is 0 Å². The third kappa shape index (κ3) is 0.862. The van der Waals surface area contributed by atoms with Crippen molar-refractivity contribution in [1.82, 2.24) is 9.88 Å². The average Bonchev–Trinajstić information content (AvgIpc) is 2.30. The lowest BCUT2D eigenvalue weighted by molar-refractivity contribution is 0.821. The molecule has 0 amide bonds. The van der Waals surface area contributed by atoms with Gasteiger partial charge in [0.25, 0.3) is 0 Å². The number of aryl methyl sites for hydroxylation is 1. The van der Waals surface area contributed by atoms with Crippen LogP contribution in [0.3, 0.4) is 0 Å². The molecule has 2 heteroatoms. The normalized spacial score (nSPS) is 14.4. The van der Waals surface area contributed by atoms with Crippen molar-refractivity contribution in [1.29, 1.82) is 0 Å². The van der Waals surface area contributed by atoms with Gasteiger partial charge in [-0.2, -0.15) is 0 Å². The van der Waals surface area contributed by atoms with Crippen molar-refractivity contribution in [3.8, 4) is 0 Å². The second-order valence-electron chi connectivity index (χ2n) is 2.97. The fourth-order valence-electron chi connectivity index (χ4n) is 1.50. The second-order valence-corrected chi connectivity index (χ2v) is 2.97. The zero-order valence-electron chi connectivity index (χ0n) is 6.89. The number of nitrogens with zero attached hydrogens (tertiary/aromatic N) is 1. The third-order valence-corrected chi connectivity index (χ3v) is 2.25. The van der Waals surface area contributed by atoms with Gasteiger partial charge < -0.3 is 9.88 Å². The monoisotopic (exact) mass is 148 g/mol. The topological polar surface area (TPSA) is 17.0 Å². The molecule has 1 aromatic heterocycles. The lowest BCUT2D eigenvalue weighted by Gasteiger charge is -2.08. The Morgan fingerprint density at radius 2 is 2.36 bits per heavy atom. The maximum Gasteiger partial charge on any atom is 0.0471 e. The van der Waals surface area contributed by atoms with Gasteiger partial charge in [0.2, 0.25) is 0 Å². The van der Waals surface area contributed by atoms with Crippen LogP contribution in [0.1, 0.15) is 17.0 Å². The SMILES string of the molecule is Cc1cc2c(n1C)C=CNC2. The molecular formula is C9H12N2. The van der Waals surface area contributed by atoms with Gasteiger partial charge in [-0.1, -0.05) is 0 Å². The Kier molecular flexibility index (Phi) is 1.28. The van der Waals surface area contributed by atoms with Crippen LogP contribution in [0.15, 0.2) is 12.3 Å². The van der Waals surface area contributed by atoms with Crippen LogP contribution >= 0.6 is 0 Å². The second kappa shape index (κ2) is 2.16. The van der Waals surface area contributed by atoms with Crippen LogP contribution in [0.4, 0.5) is 0 Å². The minimum atomic E-state index is 0.966. The Balaban J connectivity index is 2.61. The Bertz CT molecular complexity index is 308. The van der Waals surface area contributed by atoms with Gasteiger partial charge in [0.1, 0.15) is 0 Å². The Hall–Kier alpha value is -1.18. The summed E-state index contributed by atoms with van der Waals surface area (Å²) in [5, 5.41) is 3.19.